The Balaban J connectivity index is 2.75. The lowest BCUT2D eigenvalue weighted by molar-refractivity contribution is 0.309. The third-order valence-corrected chi connectivity index (χ3v) is 3.33. The Morgan fingerprint density at radius 3 is 2.32 bits per heavy atom. The number of halogens is 2. The van der Waals surface area contributed by atoms with Crippen LogP contribution in [0.15, 0.2) is 18.2 Å². The maximum absolute atomic E-state index is 13.7. The Labute approximate surface area is 115 Å². The van der Waals surface area contributed by atoms with Crippen molar-refractivity contribution in [2.24, 2.45) is 11.8 Å². The molecule has 0 aliphatic rings. The lowest BCUT2D eigenvalue weighted by Crippen LogP contribution is -2.40. The molecular formula is C16H25F2N. The minimum absolute atomic E-state index is 0.0353. The summed E-state index contributed by atoms with van der Waals surface area (Å²) in [5, 5.41) is 3.44. The third-order valence-electron chi connectivity index (χ3n) is 3.33. The van der Waals surface area contributed by atoms with E-state index in [-0.39, 0.29) is 23.1 Å². The van der Waals surface area contributed by atoms with Gasteiger partial charge >= 0.3 is 0 Å². The van der Waals surface area contributed by atoms with Gasteiger partial charge in [0.15, 0.2) is 0 Å². The van der Waals surface area contributed by atoms with Gasteiger partial charge in [-0.3, -0.25) is 0 Å². The van der Waals surface area contributed by atoms with Crippen molar-refractivity contribution in [2.75, 3.05) is 6.54 Å². The van der Waals surface area contributed by atoms with Crippen LogP contribution < -0.4 is 5.32 Å². The predicted molar refractivity (Wildman–Crippen MR) is 76.1 cm³/mol. The fraction of sp³-hybridized carbons (Fsp3) is 0.625. The highest BCUT2D eigenvalue weighted by Gasteiger charge is 2.19. The van der Waals surface area contributed by atoms with Crippen LogP contribution >= 0.6 is 0 Å². The molecule has 0 aromatic heterocycles. The molecule has 1 aromatic rings. The first-order valence-electron chi connectivity index (χ1n) is 6.88. The van der Waals surface area contributed by atoms with Gasteiger partial charge in [0.2, 0.25) is 0 Å². The Bertz CT molecular complexity index is 408. The monoisotopic (exact) mass is 269 g/mol. The molecule has 0 saturated carbocycles. The maximum atomic E-state index is 13.7. The molecule has 1 N–H and O–H groups in total. The summed E-state index contributed by atoms with van der Waals surface area (Å²) in [7, 11) is 0. The van der Waals surface area contributed by atoms with Crippen LogP contribution in [-0.2, 0) is 6.42 Å². The van der Waals surface area contributed by atoms with Gasteiger partial charge in [-0.05, 0) is 69.3 Å². The van der Waals surface area contributed by atoms with Crippen molar-refractivity contribution >= 4 is 0 Å². The molecule has 108 valence electrons. The first-order chi connectivity index (χ1) is 8.69. The second kappa shape index (κ2) is 6.47. The topological polar surface area (TPSA) is 12.0 Å². The van der Waals surface area contributed by atoms with Crippen LogP contribution in [0, 0.1) is 23.5 Å². The Morgan fingerprint density at radius 2 is 1.79 bits per heavy atom. The quantitative estimate of drug-likeness (QED) is 0.846. The lowest BCUT2D eigenvalue weighted by Gasteiger charge is -2.27. The van der Waals surface area contributed by atoms with Crippen LogP contribution in [0.4, 0.5) is 8.78 Å². The predicted octanol–water partition coefficient (Wildman–Crippen LogP) is 4.17. The van der Waals surface area contributed by atoms with Crippen molar-refractivity contribution in [3.05, 3.63) is 35.4 Å². The summed E-state index contributed by atoms with van der Waals surface area (Å²) in [6.07, 6.45) is 0.560. The fourth-order valence-electron chi connectivity index (χ4n) is 1.96. The van der Waals surface area contributed by atoms with E-state index in [0.717, 1.165) is 12.6 Å². The number of rotatable bonds is 5. The van der Waals surface area contributed by atoms with Crippen molar-refractivity contribution in [1.29, 1.82) is 0 Å². The van der Waals surface area contributed by atoms with Crippen LogP contribution in [-0.4, -0.2) is 12.1 Å². The number of hydrogen-bond acceptors (Lipinski definition) is 1. The average Bonchev–Trinajstić information content (AvgIpc) is 2.27. The molecule has 0 amide bonds. The molecule has 3 heteroatoms. The van der Waals surface area contributed by atoms with Crippen molar-refractivity contribution in [2.45, 2.75) is 46.6 Å². The van der Waals surface area contributed by atoms with Gasteiger partial charge in [0.1, 0.15) is 11.6 Å². The lowest BCUT2D eigenvalue weighted by atomic mass is 9.88. The van der Waals surface area contributed by atoms with Gasteiger partial charge in [0.25, 0.3) is 0 Å². The molecule has 19 heavy (non-hydrogen) atoms. The van der Waals surface area contributed by atoms with Crippen LogP contribution in [0.5, 0.6) is 0 Å². The number of benzene rings is 1. The summed E-state index contributed by atoms with van der Waals surface area (Å²) in [6.45, 7) is 11.4. The van der Waals surface area contributed by atoms with Crippen LogP contribution in [0.25, 0.3) is 0 Å². The van der Waals surface area contributed by atoms with Gasteiger partial charge in [0, 0.05) is 5.54 Å². The molecule has 0 aliphatic heterocycles. The van der Waals surface area contributed by atoms with E-state index in [1.54, 1.807) is 0 Å². The average molecular weight is 269 g/mol. The third kappa shape index (κ3) is 5.68. The SMILES string of the molecule is CC(C)C(CNC(C)(C)C)Cc1cc(F)ccc1F. The first kappa shape index (κ1) is 16.1. The highest BCUT2D eigenvalue weighted by atomic mass is 19.1. The molecule has 0 fully saturated rings. The summed E-state index contributed by atoms with van der Waals surface area (Å²) in [5.41, 5.74) is 0.502. The minimum Gasteiger partial charge on any atom is -0.312 e. The fourth-order valence-corrected chi connectivity index (χ4v) is 1.96. The Hall–Kier alpha value is -0.960. The normalized spacial score (nSPS) is 13.9. The van der Waals surface area contributed by atoms with E-state index in [0.29, 0.717) is 17.9 Å². The van der Waals surface area contributed by atoms with Crippen LogP contribution in [0.2, 0.25) is 0 Å². The zero-order chi connectivity index (χ0) is 14.6. The largest absolute Gasteiger partial charge is 0.312 e. The van der Waals surface area contributed by atoms with Gasteiger partial charge in [-0.1, -0.05) is 13.8 Å². The zero-order valence-corrected chi connectivity index (χ0v) is 12.6. The van der Waals surface area contributed by atoms with E-state index >= 15 is 0 Å². The molecular weight excluding hydrogens is 244 g/mol. The molecule has 0 heterocycles. The molecule has 1 aromatic carbocycles. The smallest absolute Gasteiger partial charge is 0.126 e. The second-order valence-electron chi connectivity index (χ2n) is 6.57. The molecule has 1 nitrogen and oxygen atoms in total. The molecule has 0 spiro atoms. The highest BCUT2D eigenvalue weighted by molar-refractivity contribution is 5.19. The zero-order valence-electron chi connectivity index (χ0n) is 12.6. The summed E-state index contributed by atoms with van der Waals surface area (Å²) in [4.78, 5) is 0. The van der Waals surface area contributed by atoms with Gasteiger partial charge in [0.05, 0.1) is 0 Å². The van der Waals surface area contributed by atoms with Gasteiger partial charge in [-0.15, -0.1) is 0 Å². The summed E-state index contributed by atoms with van der Waals surface area (Å²) >= 11 is 0. The molecule has 0 aliphatic carbocycles. The van der Waals surface area contributed by atoms with Crippen LogP contribution in [0.3, 0.4) is 0 Å². The molecule has 0 radical (unpaired) electrons. The van der Waals surface area contributed by atoms with E-state index in [1.165, 1.54) is 12.1 Å². The molecule has 0 bridgehead atoms. The molecule has 1 rings (SSSR count). The Kier molecular flexibility index (Phi) is 5.48. The van der Waals surface area contributed by atoms with Crippen molar-refractivity contribution < 1.29 is 8.78 Å². The van der Waals surface area contributed by atoms with E-state index in [1.807, 2.05) is 0 Å². The first-order valence-corrected chi connectivity index (χ1v) is 6.88. The molecule has 1 atom stereocenters. The minimum atomic E-state index is -0.373. The number of hydrogen-bond donors (Lipinski definition) is 1. The van der Waals surface area contributed by atoms with Gasteiger partial charge < -0.3 is 5.32 Å². The highest BCUT2D eigenvalue weighted by Crippen LogP contribution is 2.20. The van der Waals surface area contributed by atoms with E-state index in [2.05, 4.69) is 39.9 Å². The number of nitrogens with one attached hydrogen (secondary N) is 1. The molecule has 1 unspecified atom stereocenters. The van der Waals surface area contributed by atoms with Gasteiger partial charge in [-0.25, -0.2) is 8.78 Å². The van der Waals surface area contributed by atoms with E-state index < -0.39 is 0 Å². The van der Waals surface area contributed by atoms with Crippen molar-refractivity contribution in [1.82, 2.24) is 5.32 Å². The van der Waals surface area contributed by atoms with Crippen LogP contribution in [0.1, 0.15) is 40.2 Å². The Morgan fingerprint density at radius 1 is 1.16 bits per heavy atom. The summed E-state index contributed by atoms with van der Waals surface area (Å²) < 4.78 is 26.9. The maximum Gasteiger partial charge on any atom is 0.126 e. The van der Waals surface area contributed by atoms with E-state index in [9.17, 15) is 8.78 Å². The van der Waals surface area contributed by atoms with Crippen molar-refractivity contribution in [3.8, 4) is 0 Å². The van der Waals surface area contributed by atoms with Crippen molar-refractivity contribution in [3.63, 3.8) is 0 Å². The summed E-state index contributed by atoms with van der Waals surface area (Å²) in [5.74, 6) is 0.0125. The van der Waals surface area contributed by atoms with Gasteiger partial charge in [-0.2, -0.15) is 0 Å². The second-order valence-corrected chi connectivity index (χ2v) is 6.57. The molecule has 0 saturated heterocycles. The summed E-state index contributed by atoms with van der Waals surface area (Å²) in [6, 6.07) is 3.68. The standard InChI is InChI=1S/C16H25F2N/c1-11(2)13(10-19-16(3,4)5)8-12-9-14(17)6-7-15(12)18/h6-7,9,11,13,19H,8,10H2,1-5H3. The van der Waals surface area contributed by atoms with E-state index in [4.69, 9.17) is 0 Å².